The van der Waals surface area contributed by atoms with Gasteiger partial charge in [0.15, 0.2) is 0 Å². The molecule has 1 amide bonds. The fourth-order valence-electron chi connectivity index (χ4n) is 4.33. The summed E-state index contributed by atoms with van der Waals surface area (Å²) in [5, 5.41) is 0. The molecule has 142 valence electrons. The van der Waals surface area contributed by atoms with Crippen LogP contribution in [0.25, 0.3) is 0 Å². The fraction of sp³-hybridized carbons (Fsp3) is 0.435. The quantitative estimate of drug-likeness (QED) is 0.832. The number of piperidine rings is 1. The number of carbonyl (C=O) groups is 1. The molecule has 0 radical (unpaired) electrons. The molecule has 4 nitrogen and oxygen atoms in total. The third-order valence-electron chi connectivity index (χ3n) is 5.92. The lowest BCUT2D eigenvalue weighted by atomic mass is 9.76. The zero-order chi connectivity index (χ0) is 18.7. The van der Waals surface area contributed by atoms with E-state index < -0.39 is 0 Å². The van der Waals surface area contributed by atoms with Crippen molar-refractivity contribution in [3.8, 4) is 0 Å². The molecule has 0 spiro atoms. The number of hydrogen-bond acceptors (Lipinski definition) is 3. The lowest BCUT2D eigenvalue weighted by molar-refractivity contribution is 0.0651. The van der Waals surface area contributed by atoms with Crippen LogP contribution in [0.1, 0.15) is 35.7 Å². The molecule has 4 rings (SSSR count). The smallest absolute Gasteiger partial charge is 0.253 e. The number of likely N-dealkylation sites (tertiary alicyclic amines) is 1. The van der Waals surface area contributed by atoms with Gasteiger partial charge in [-0.3, -0.25) is 4.79 Å². The van der Waals surface area contributed by atoms with Gasteiger partial charge in [0.2, 0.25) is 0 Å². The number of morpholine rings is 1. The van der Waals surface area contributed by atoms with E-state index in [1.807, 2.05) is 23.1 Å². The van der Waals surface area contributed by atoms with Gasteiger partial charge in [0.25, 0.3) is 5.91 Å². The molecule has 0 N–H and O–H groups in total. The van der Waals surface area contributed by atoms with Gasteiger partial charge in [-0.15, -0.1) is 0 Å². The first-order valence-corrected chi connectivity index (χ1v) is 9.93. The second-order valence-corrected chi connectivity index (χ2v) is 7.91. The van der Waals surface area contributed by atoms with Crippen LogP contribution in [0.4, 0.5) is 5.69 Å². The average molecular weight is 364 g/mol. The molecule has 2 aromatic carbocycles. The molecular formula is C23H28N2O2. The SMILES string of the molecule is CC1(c2ccccc2)CCCN(C(=O)c2cccc(N3CCOCC3)c2)C1. The minimum Gasteiger partial charge on any atom is -0.378 e. The predicted molar refractivity (Wildman–Crippen MR) is 108 cm³/mol. The Morgan fingerprint density at radius 1 is 1.00 bits per heavy atom. The van der Waals surface area contributed by atoms with Crippen molar-refractivity contribution in [3.63, 3.8) is 0 Å². The molecule has 0 bridgehead atoms. The average Bonchev–Trinajstić information content (AvgIpc) is 2.75. The molecule has 2 aromatic rings. The molecule has 27 heavy (non-hydrogen) atoms. The van der Waals surface area contributed by atoms with E-state index >= 15 is 0 Å². The van der Waals surface area contributed by atoms with Crippen molar-refractivity contribution in [2.24, 2.45) is 0 Å². The number of nitrogens with zero attached hydrogens (tertiary/aromatic N) is 2. The molecule has 1 atom stereocenters. The highest BCUT2D eigenvalue weighted by Gasteiger charge is 2.34. The maximum Gasteiger partial charge on any atom is 0.253 e. The van der Waals surface area contributed by atoms with Gasteiger partial charge in [-0.05, 0) is 36.6 Å². The van der Waals surface area contributed by atoms with Crippen LogP contribution in [0.5, 0.6) is 0 Å². The van der Waals surface area contributed by atoms with Gasteiger partial charge < -0.3 is 14.5 Å². The Labute approximate surface area is 161 Å². The molecule has 2 aliphatic heterocycles. The van der Waals surface area contributed by atoms with Crippen molar-refractivity contribution in [2.75, 3.05) is 44.3 Å². The van der Waals surface area contributed by atoms with Gasteiger partial charge >= 0.3 is 0 Å². The Morgan fingerprint density at radius 2 is 1.78 bits per heavy atom. The number of benzene rings is 2. The van der Waals surface area contributed by atoms with Crippen LogP contribution in [0.3, 0.4) is 0 Å². The Balaban J connectivity index is 1.52. The summed E-state index contributed by atoms with van der Waals surface area (Å²) in [5.41, 5.74) is 3.25. The van der Waals surface area contributed by atoms with Crippen LogP contribution >= 0.6 is 0 Å². The fourth-order valence-corrected chi connectivity index (χ4v) is 4.33. The van der Waals surface area contributed by atoms with Crippen LogP contribution in [-0.2, 0) is 10.2 Å². The Morgan fingerprint density at radius 3 is 2.56 bits per heavy atom. The largest absolute Gasteiger partial charge is 0.378 e. The zero-order valence-corrected chi connectivity index (χ0v) is 16.1. The van der Waals surface area contributed by atoms with Crippen LogP contribution in [0, 0.1) is 0 Å². The first-order chi connectivity index (χ1) is 13.2. The highest BCUT2D eigenvalue weighted by Crippen LogP contribution is 2.34. The van der Waals surface area contributed by atoms with Crippen molar-refractivity contribution in [1.29, 1.82) is 0 Å². The second kappa shape index (κ2) is 7.73. The van der Waals surface area contributed by atoms with Crippen molar-refractivity contribution in [3.05, 3.63) is 65.7 Å². The Kier molecular flexibility index (Phi) is 5.17. The van der Waals surface area contributed by atoms with Crippen LogP contribution < -0.4 is 4.90 Å². The highest BCUT2D eigenvalue weighted by molar-refractivity contribution is 5.95. The van der Waals surface area contributed by atoms with Gasteiger partial charge in [0.1, 0.15) is 0 Å². The van der Waals surface area contributed by atoms with Crippen molar-refractivity contribution < 1.29 is 9.53 Å². The molecule has 2 fully saturated rings. The number of ether oxygens (including phenoxy) is 1. The van der Waals surface area contributed by atoms with Crippen molar-refractivity contribution in [2.45, 2.75) is 25.2 Å². The summed E-state index contributed by atoms with van der Waals surface area (Å²) in [4.78, 5) is 17.6. The summed E-state index contributed by atoms with van der Waals surface area (Å²) in [6, 6.07) is 18.7. The van der Waals surface area contributed by atoms with E-state index in [-0.39, 0.29) is 11.3 Å². The zero-order valence-electron chi connectivity index (χ0n) is 16.1. The summed E-state index contributed by atoms with van der Waals surface area (Å²) >= 11 is 0. The van der Waals surface area contributed by atoms with Crippen LogP contribution in [-0.4, -0.2) is 50.2 Å². The molecule has 0 aromatic heterocycles. The molecular weight excluding hydrogens is 336 g/mol. The summed E-state index contributed by atoms with van der Waals surface area (Å²) in [6.45, 7) is 7.16. The van der Waals surface area contributed by atoms with E-state index in [0.717, 1.165) is 63.5 Å². The molecule has 0 aliphatic carbocycles. The van der Waals surface area contributed by atoms with Gasteiger partial charge in [-0.2, -0.15) is 0 Å². The van der Waals surface area contributed by atoms with E-state index in [9.17, 15) is 4.79 Å². The van der Waals surface area contributed by atoms with Gasteiger partial charge in [0, 0.05) is 42.8 Å². The van der Waals surface area contributed by atoms with E-state index in [4.69, 9.17) is 4.74 Å². The molecule has 1 unspecified atom stereocenters. The summed E-state index contributed by atoms with van der Waals surface area (Å²) in [5.74, 6) is 0.145. The Bertz CT molecular complexity index is 786. The normalized spacial score (nSPS) is 23.3. The number of amides is 1. The minimum absolute atomic E-state index is 0.0248. The monoisotopic (exact) mass is 364 g/mol. The third kappa shape index (κ3) is 3.86. The first kappa shape index (κ1) is 18.1. The van der Waals surface area contributed by atoms with E-state index in [1.165, 1.54) is 5.56 Å². The predicted octanol–water partition coefficient (Wildman–Crippen LogP) is 3.72. The van der Waals surface area contributed by atoms with Crippen molar-refractivity contribution >= 4 is 11.6 Å². The lowest BCUT2D eigenvalue weighted by Gasteiger charge is -2.41. The highest BCUT2D eigenvalue weighted by atomic mass is 16.5. The lowest BCUT2D eigenvalue weighted by Crippen LogP contribution is -2.47. The first-order valence-electron chi connectivity index (χ1n) is 9.93. The van der Waals surface area contributed by atoms with Gasteiger partial charge in [0.05, 0.1) is 13.2 Å². The minimum atomic E-state index is 0.0248. The van der Waals surface area contributed by atoms with Crippen LogP contribution in [0.2, 0.25) is 0 Å². The third-order valence-corrected chi connectivity index (χ3v) is 5.92. The Hall–Kier alpha value is -2.33. The molecule has 0 saturated carbocycles. The molecule has 2 heterocycles. The molecule has 2 saturated heterocycles. The van der Waals surface area contributed by atoms with Gasteiger partial charge in [-0.25, -0.2) is 0 Å². The second-order valence-electron chi connectivity index (χ2n) is 7.91. The van der Waals surface area contributed by atoms with Gasteiger partial charge in [-0.1, -0.05) is 43.3 Å². The van der Waals surface area contributed by atoms with E-state index in [0.29, 0.717) is 0 Å². The van der Waals surface area contributed by atoms with Crippen molar-refractivity contribution in [1.82, 2.24) is 4.90 Å². The molecule has 2 aliphatic rings. The number of hydrogen-bond donors (Lipinski definition) is 0. The summed E-state index contributed by atoms with van der Waals surface area (Å²) < 4.78 is 5.44. The molecule has 4 heteroatoms. The van der Waals surface area contributed by atoms with E-state index in [2.05, 4.69) is 48.2 Å². The standard InChI is InChI=1S/C23H28N2O2/c1-23(20-8-3-2-4-9-20)11-6-12-25(18-23)22(26)19-7-5-10-21(17-19)24-13-15-27-16-14-24/h2-5,7-10,17H,6,11-16,18H2,1H3. The summed E-state index contributed by atoms with van der Waals surface area (Å²) in [7, 11) is 0. The topological polar surface area (TPSA) is 32.8 Å². The maximum atomic E-state index is 13.2. The summed E-state index contributed by atoms with van der Waals surface area (Å²) in [6.07, 6.45) is 2.16. The van der Waals surface area contributed by atoms with E-state index in [1.54, 1.807) is 0 Å². The number of anilines is 1. The number of carbonyl (C=O) groups excluding carboxylic acids is 1. The number of rotatable bonds is 3. The maximum absolute atomic E-state index is 13.2. The van der Waals surface area contributed by atoms with Crippen LogP contribution in [0.15, 0.2) is 54.6 Å².